The maximum atomic E-state index is 13.8. The molecule has 0 radical (unpaired) electrons. The van der Waals surface area contributed by atoms with E-state index in [1.54, 1.807) is 6.33 Å². The monoisotopic (exact) mass is 712 g/mol. The second kappa shape index (κ2) is 10.8. The Hall–Kier alpha value is -2.97. The molecule has 47 heavy (non-hydrogen) atoms. The quantitative estimate of drug-likeness (QED) is 0.146. The first-order chi connectivity index (χ1) is 22.3. The van der Waals surface area contributed by atoms with Crippen molar-refractivity contribution < 1.29 is 41.6 Å². The van der Waals surface area contributed by atoms with Gasteiger partial charge in [0.15, 0.2) is 28.9 Å². The van der Waals surface area contributed by atoms with Crippen molar-refractivity contribution in [3.05, 3.63) is 29.3 Å². The average molecular weight is 713 g/mol. The van der Waals surface area contributed by atoms with Gasteiger partial charge in [-0.1, -0.05) is 19.2 Å². The van der Waals surface area contributed by atoms with E-state index in [1.807, 2.05) is 11.5 Å². The van der Waals surface area contributed by atoms with E-state index in [0.717, 1.165) is 0 Å². The van der Waals surface area contributed by atoms with Crippen LogP contribution in [-0.4, -0.2) is 88.7 Å². The minimum absolute atomic E-state index is 0.0196. The van der Waals surface area contributed by atoms with Crippen LogP contribution in [0.25, 0.3) is 22.3 Å². The number of H-pyrrole nitrogens is 1. The summed E-state index contributed by atoms with van der Waals surface area (Å²) in [5.74, 6) is -1.01. The number of phosphoric ester groups is 1. The zero-order chi connectivity index (χ0) is 33.0. The fourth-order valence-corrected chi connectivity index (χ4v) is 10.1. The standard InChI is InChI=1S/C24H30N10O10P2S/c1-9-15-10(11-3-24(9,11)34-8-30-13-18(25)27-6-28-19(13)34)4-40-45(36,37)43-17-16(39-2)12(5-41-46(38,47)44-15)42-22(17)33-7-29-14-20(33)31-23(26)32-21(14)35/h6-12,15-17,22H,3-5H2,1-2H3,(H,36,37)(H,38,47)(H2,25,27,28)(H3,26,31,32,35)/t9-,10+,11+,12-,15+,16-,17-,22-,24?,46-/m1/s1. The topological polar surface area (TPSA) is 269 Å². The van der Waals surface area contributed by atoms with Crippen LogP contribution in [0.4, 0.5) is 11.8 Å². The van der Waals surface area contributed by atoms with E-state index < -0.39 is 62.3 Å². The summed E-state index contributed by atoms with van der Waals surface area (Å²) in [6.07, 6.45) is -0.603. The number of fused-ring (bicyclic) bond motifs is 7. The summed E-state index contributed by atoms with van der Waals surface area (Å²) in [7, 11) is -3.52. The lowest BCUT2D eigenvalue weighted by Crippen LogP contribution is -2.37. The summed E-state index contributed by atoms with van der Waals surface area (Å²) in [6.45, 7) is -2.87. The molecule has 4 fully saturated rings. The molecule has 252 valence electrons. The highest BCUT2D eigenvalue weighted by atomic mass is 32.7. The number of anilines is 2. The number of nitrogen functional groups attached to an aromatic ring is 2. The Kier molecular flexibility index (Phi) is 7.17. The van der Waals surface area contributed by atoms with Crippen LogP contribution in [0.5, 0.6) is 0 Å². The number of nitrogens with zero attached hydrogens (tertiary/aromatic N) is 7. The smallest absolute Gasteiger partial charge is 0.382 e. The van der Waals surface area contributed by atoms with Gasteiger partial charge in [-0.25, -0.2) is 29.1 Å². The number of thiol groups is 1. The Morgan fingerprint density at radius 3 is 2.66 bits per heavy atom. The number of methoxy groups -OCH3 is 1. The number of nitrogens with one attached hydrogen (secondary N) is 1. The summed E-state index contributed by atoms with van der Waals surface area (Å²) in [5, 5.41) is 0. The van der Waals surface area contributed by atoms with Crippen molar-refractivity contribution >= 4 is 61.0 Å². The van der Waals surface area contributed by atoms with Crippen LogP contribution in [0.15, 0.2) is 23.8 Å². The Bertz CT molecular complexity index is 2060. The molecule has 20 nitrogen and oxygen atoms in total. The summed E-state index contributed by atoms with van der Waals surface area (Å²) < 4.78 is 65.7. The van der Waals surface area contributed by atoms with Gasteiger partial charge in [0.05, 0.1) is 37.5 Å². The van der Waals surface area contributed by atoms with Gasteiger partial charge in [0.2, 0.25) is 5.95 Å². The molecule has 2 aliphatic heterocycles. The third-order valence-corrected chi connectivity index (χ3v) is 12.3. The van der Waals surface area contributed by atoms with Crippen molar-refractivity contribution in [3.8, 4) is 0 Å². The highest BCUT2D eigenvalue weighted by Crippen LogP contribution is 2.71. The van der Waals surface area contributed by atoms with E-state index in [9.17, 15) is 18.8 Å². The molecule has 8 rings (SSSR count). The predicted molar refractivity (Wildman–Crippen MR) is 164 cm³/mol. The van der Waals surface area contributed by atoms with Crippen molar-refractivity contribution in [1.82, 2.24) is 39.0 Å². The summed E-state index contributed by atoms with van der Waals surface area (Å²) >= 11 is 4.29. The Morgan fingerprint density at radius 2 is 1.87 bits per heavy atom. The minimum Gasteiger partial charge on any atom is -0.382 e. The summed E-state index contributed by atoms with van der Waals surface area (Å²) in [5.41, 5.74) is 11.5. The molecule has 6 N–H and O–H groups in total. The van der Waals surface area contributed by atoms with E-state index >= 15 is 0 Å². The third kappa shape index (κ3) is 4.86. The number of ether oxygens (including phenoxy) is 2. The molecule has 2 saturated carbocycles. The predicted octanol–water partition coefficient (Wildman–Crippen LogP) is 0.973. The highest BCUT2D eigenvalue weighted by Gasteiger charge is 2.72. The largest absolute Gasteiger partial charge is 0.472 e. The molecule has 2 unspecified atom stereocenters. The molecule has 23 heteroatoms. The molecule has 2 saturated heterocycles. The van der Waals surface area contributed by atoms with E-state index in [-0.39, 0.29) is 48.0 Å². The van der Waals surface area contributed by atoms with Gasteiger partial charge in [0.1, 0.15) is 30.2 Å². The van der Waals surface area contributed by atoms with Crippen LogP contribution in [0.2, 0.25) is 0 Å². The van der Waals surface area contributed by atoms with E-state index in [2.05, 4.69) is 42.2 Å². The van der Waals surface area contributed by atoms with Gasteiger partial charge >= 0.3 is 14.6 Å². The van der Waals surface area contributed by atoms with Crippen LogP contribution >= 0.6 is 26.9 Å². The van der Waals surface area contributed by atoms with Crippen molar-refractivity contribution in [2.45, 2.75) is 49.5 Å². The molecular formula is C24H30N10O10P2S. The maximum Gasteiger partial charge on any atom is 0.472 e. The van der Waals surface area contributed by atoms with E-state index in [4.69, 9.17) is 39.0 Å². The third-order valence-electron chi connectivity index (χ3n) is 9.68. The number of aromatic amines is 1. The number of nitrogens with two attached hydrogens (primary N) is 2. The van der Waals surface area contributed by atoms with Crippen molar-refractivity contribution in [3.63, 3.8) is 0 Å². The van der Waals surface area contributed by atoms with Crippen LogP contribution in [0, 0.1) is 17.8 Å². The normalized spacial score (nSPS) is 40.4. The molecule has 11 atom stereocenters. The summed E-state index contributed by atoms with van der Waals surface area (Å²) in [6, 6.07) is 0. The fraction of sp³-hybridized carbons (Fsp3) is 0.583. The number of rotatable bonds is 3. The molecule has 4 aromatic rings. The number of hydrogen-bond acceptors (Lipinski definition) is 16. The van der Waals surface area contributed by atoms with Crippen LogP contribution in [0.3, 0.4) is 0 Å². The molecule has 0 spiro atoms. The molecule has 4 aromatic heterocycles. The molecule has 0 amide bonds. The van der Waals surface area contributed by atoms with Crippen LogP contribution in [-0.2, 0) is 42.2 Å². The van der Waals surface area contributed by atoms with E-state index in [1.165, 1.54) is 24.3 Å². The minimum atomic E-state index is -4.85. The maximum absolute atomic E-state index is 13.8. The first-order valence-corrected chi connectivity index (χ1v) is 18.7. The molecule has 4 aliphatic rings. The second-order valence-electron chi connectivity index (χ2n) is 12.0. The second-order valence-corrected chi connectivity index (χ2v) is 16.3. The number of phosphoric acid groups is 1. The Labute approximate surface area is 269 Å². The fourth-order valence-electron chi connectivity index (χ4n) is 7.57. The molecule has 6 heterocycles. The van der Waals surface area contributed by atoms with Crippen molar-refractivity contribution in [2.75, 3.05) is 31.8 Å². The number of hydrogen-bond donors (Lipinski definition) is 5. The van der Waals surface area contributed by atoms with Crippen LogP contribution < -0.4 is 17.0 Å². The van der Waals surface area contributed by atoms with Gasteiger partial charge in [-0.05, 0) is 12.3 Å². The Balaban J connectivity index is 1.15. The van der Waals surface area contributed by atoms with Gasteiger partial charge in [0.25, 0.3) is 5.56 Å². The van der Waals surface area contributed by atoms with Gasteiger partial charge < -0.3 is 30.4 Å². The van der Waals surface area contributed by atoms with Gasteiger partial charge in [-0.2, -0.15) is 4.98 Å². The first kappa shape index (κ1) is 31.3. The molecule has 0 aromatic carbocycles. The lowest BCUT2D eigenvalue weighted by atomic mass is 9.94. The van der Waals surface area contributed by atoms with Crippen LogP contribution in [0.1, 0.15) is 19.6 Å². The van der Waals surface area contributed by atoms with Gasteiger partial charge in [0, 0.05) is 18.9 Å². The molecule has 2 aliphatic carbocycles. The lowest BCUT2D eigenvalue weighted by molar-refractivity contribution is -0.0547. The molecule has 2 bridgehead atoms. The SMILES string of the molecule is CO[C@H]1[C@H]2OP(=O)(O)OC[C@@H]3[C@@H](O[P@](=O)(S)OC[C@H]1O[C@H]2n1cnc2c(=O)[nH]c(N)nc21)[C@@H](C)C1(n2cnc4c(N)ncnc42)C[C@@H]31. The molecular weight excluding hydrogens is 682 g/mol. The van der Waals surface area contributed by atoms with E-state index in [0.29, 0.717) is 17.6 Å². The highest BCUT2D eigenvalue weighted by molar-refractivity contribution is 8.44. The zero-order valence-electron chi connectivity index (χ0n) is 24.7. The van der Waals surface area contributed by atoms with Crippen molar-refractivity contribution in [2.24, 2.45) is 17.8 Å². The zero-order valence-corrected chi connectivity index (χ0v) is 27.4. The lowest BCUT2D eigenvalue weighted by Gasteiger charge is -2.31. The number of aromatic nitrogens is 8. The van der Waals surface area contributed by atoms with Gasteiger partial charge in [-0.15, -0.1) is 0 Å². The average Bonchev–Trinajstić information content (AvgIpc) is 3.30. The number of imidazole rings is 2. The summed E-state index contributed by atoms with van der Waals surface area (Å²) in [4.78, 5) is 47.0. The first-order valence-electron chi connectivity index (χ1n) is 14.5. The Morgan fingerprint density at radius 1 is 1.09 bits per heavy atom. The van der Waals surface area contributed by atoms with Crippen molar-refractivity contribution in [1.29, 1.82) is 0 Å². The van der Waals surface area contributed by atoms with Gasteiger partial charge in [-0.3, -0.25) is 32.4 Å².